The highest BCUT2D eigenvalue weighted by atomic mass is 79.9. The summed E-state index contributed by atoms with van der Waals surface area (Å²) in [5, 5.41) is 4.68. The molecule has 1 fully saturated rings. The van der Waals surface area contributed by atoms with Crippen LogP contribution in [0.5, 0.6) is 0 Å². The molecule has 1 saturated carbocycles. The Hall–Kier alpha value is -0.350. The number of rotatable bonds is 6. The summed E-state index contributed by atoms with van der Waals surface area (Å²) < 4.78 is 7.27. The number of alkyl halides is 1. The van der Waals surface area contributed by atoms with Crippen LogP contribution < -0.4 is 0 Å². The van der Waals surface area contributed by atoms with E-state index in [1.54, 1.807) is 7.11 Å². The fourth-order valence-electron chi connectivity index (χ4n) is 2.45. The first kappa shape index (κ1) is 13.1. The third-order valence-electron chi connectivity index (χ3n) is 3.42. The number of methoxy groups -OCH3 is 1. The molecule has 17 heavy (non-hydrogen) atoms. The van der Waals surface area contributed by atoms with Crippen LogP contribution in [0.4, 0.5) is 0 Å². The van der Waals surface area contributed by atoms with E-state index in [-0.39, 0.29) is 0 Å². The number of hydrogen-bond donors (Lipinski definition) is 0. The lowest BCUT2D eigenvalue weighted by atomic mass is 10.2. The summed E-state index contributed by atoms with van der Waals surface area (Å²) in [6.45, 7) is 0.767. The Labute approximate surface area is 112 Å². The zero-order valence-corrected chi connectivity index (χ0v) is 12.0. The molecule has 0 radical (unpaired) electrons. The lowest BCUT2D eigenvalue weighted by molar-refractivity contribution is 0.198. The molecular weight excluding hydrogens is 280 g/mol. The zero-order chi connectivity index (χ0) is 12.1. The van der Waals surface area contributed by atoms with Gasteiger partial charge in [-0.1, -0.05) is 28.8 Å². The number of aromatic nitrogens is 2. The van der Waals surface area contributed by atoms with Gasteiger partial charge in [0.1, 0.15) is 0 Å². The summed E-state index contributed by atoms with van der Waals surface area (Å²) in [6, 6.07) is 2.81. The molecule has 1 aromatic rings. The van der Waals surface area contributed by atoms with E-state index in [1.807, 2.05) is 0 Å². The molecule has 3 nitrogen and oxygen atoms in total. The van der Waals surface area contributed by atoms with Gasteiger partial charge in [-0.15, -0.1) is 0 Å². The SMILES string of the molecule is COCC(Br)CCc1ccn(C2CCCC2)n1. The van der Waals surface area contributed by atoms with E-state index < -0.39 is 0 Å². The average molecular weight is 301 g/mol. The Morgan fingerprint density at radius 1 is 1.53 bits per heavy atom. The van der Waals surface area contributed by atoms with Crippen molar-refractivity contribution in [1.29, 1.82) is 0 Å². The van der Waals surface area contributed by atoms with Crippen molar-refractivity contribution < 1.29 is 4.74 Å². The molecule has 1 aromatic heterocycles. The van der Waals surface area contributed by atoms with E-state index >= 15 is 0 Å². The number of hydrogen-bond acceptors (Lipinski definition) is 2. The van der Waals surface area contributed by atoms with Gasteiger partial charge in [0, 0.05) is 18.1 Å². The molecule has 1 atom stereocenters. The monoisotopic (exact) mass is 300 g/mol. The van der Waals surface area contributed by atoms with Gasteiger partial charge in [-0.25, -0.2) is 0 Å². The Morgan fingerprint density at radius 2 is 2.29 bits per heavy atom. The highest BCUT2D eigenvalue weighted by molar-refractivity contribution is 9.09. The third kappa shape index (κ3) is 3.81. The molecule has 2 rings (SSSR count). The van der Waals surface area contributed by atoms with Crippen LogP contribution in [0.1, 0.15) is 43.8 Å². The van der Waals surface area contributed by atoms with Crippen molar-refractivity contribution in [2.75, 3.05) is 13.7 Å². The molecular formula is C13H21BrN2O. The lowest BCUT2D eigenvalue weighted by Gasteiger charge is -2.09. The Balaban J connectivity index is 1.81. The predicted molar refractivity (Wildman–Crippen MR) is 72.6 cm³/mol. The van der Waals surface area contributed by atoms with Gasteiger partial charge in [0.05, 0.1) is 18.3 Å². The normalized spacial score (nSPS) is 18.7. The molecule has 0 bridgehead atoms. The van der Waals surface area contributed by atoms with Crippen molar-refractivity contribution in [3.05, 3.63) is 18.0 Å². The maximum absolute atomic E-state index is 5.11. The second-order valence-electron chi connectivity index (χ2n) is 4.82. The minimum absolute atomic E-state index is 0.434. The quantitative estimate of drug-likeness (QED) is 0.754. The largest absolute Gasteiger partial charge is 0.384 e. The van der Waals surface area contributed by atoms with Crippen LogP contribution in [0.2, 0.25) is 0 Å². The molecule has 0 aromatic carbocycles. The fourth-order valence-corrected chi connectivity index (χ4v) is 2.94. The summed E-state index contributed by atoms with van der Waals surface area (Å²) in [7, 11) is 1.74. The molecule has 1 aliphatic carbocycles. The topological polar surface area (TPSA) is 27.1 Å². The first-order valence-corrected chi connectivity index (χ1v) is 7.38. The third-order valence-corrected chi connectivity index (χ3v) is 4.15. The van der Waals surface area contributed by atoms with Gasteiger partial charge in [0.25, 0.3) is 0 Å². The van der Waals surface area contributed by atoms with Crippen LogP contribution in [0.15, 0.2) is 12.3 Å². The molecule has 1 aliphatic rings. The standard InChI is InChI=1S/C13H21BrN2O/c1-17-10-11(14)6-7-12-8-9-16(15-12)13-4-2-3-5-13/h8-9,11,13H,2-7,10H2,1H3. The van der Waals surface area contributed by atoms with Crippen LogP contribution >= 0.6 is 15.9 Å². The summed E-state index contributed by atoms with van der Waals surface area (Å²) >= 11 is 3.61. The van der Waals surface area contributed by atoms with Crippen molar-refractivity contribution in [2.45, 2.75) is 49.4 Å². The Morgan fingerprint density at radius 3 is 3.00 bits per heavy atom. The maximum atomic E-state index is 5.11. The number of ether oxygens (including phenoxy) is 1. The second-order valence-corrected chi connectivity index (χ2v) is 6.11. The van der Waals surface area contributed by atoms with E-state index in [4.69, 9.17) is 4.74 Å². The first-order valence-electron chi connectivity index (χ1n) is 6.46. The van der Waals surface area contributed by atoms with Crippen LogP contribution in [0.3, 0.4) is 0 Å². The highest BCUT2D eigenvalue weighted by Gasteiger charge is 2.17. The van der Waals surface area contributed by atoms with Gasteiger partial charge in [-0.05, 0) is 31.7 Å². The number of aryl methyl sites for hydroxylation is 1. The molecule has 4 heteroatoms. The van der Waals surface area contributed by atoms with Crippen molar-refractivity contribution >= 4 is 15.9 Å². The zero-order valence-electron chi connectivity index (χ0n) is 10.4. The van der Waals surface area contributed by atoms with Crippen molar-refractivity contribution in [3.63, 3.8) is 0 Å². The minimum atomic E-state index is 0.434. The van der Waals surface area contributed by atoms with Crippen molar-refractivity contribution in [1.82, 2.24) is 9.78 Å². The fraction of sp³-hybridized carbons (Fsp3) is 0.769. The molecule has 0 spiro atoms. The molecule has 1 heterocycles. The first-order chi connectivity index (χ1) is 8.29. The van der Waals surface area contributed by atoms with Crippen LogP contribution in [0, 0.1) is 0 Å². The Bertz CT molecular complexity index is 334. The number of halogens is 1. The predicted octanol–water partition coefficient (Wildman–Crippen LogP) is 3.34. The van der Waals surface area contributed by atoms with E-state index in [9.17, 15) is 0 Å². The van der Waals surface area contributed by atoms with Crippen LogP contribution in [-0.2, 0) is 11.2 Å². The number of nitrogens with zero attached hydrogens (tertiary/aromatic N) is 2. The summed E-state index contributed by atoms with van der Waals surface area (Å²) in [6.07, 6.45) is 9.56. The highest BCUT2D eigenvalue weighted by Crippen LogP contribution is 2.28. The van der Waals surface area contributed by atoms with E-state index in [0.717, 1.165) is 19.4 Å². The molecule has 0 saturated heterocycles. The van der Waals surface area contributed by atoms with Gasteiger partial charge < -0.3 is 4.74 Å². The van der Waals surface area contributed by atoms with E-state index in [1.165, 1.54) is 31.4 Å². The molecule has 1 unspecified atom stereocenters. The summed E-state index contributed by atoms with van der Waals surface area (Å²) in [4.78, 5) is 0.434. The molecule has 96 valence electrons. The van der Waals surface area contributed by atoms with Gasteiger partial charge in [0.2, 0.25) is 0 Å². The molecule has 0 aliphatic heterocycles. The van der Waals surface area contributed by atoms with Gasteiger partial charge in [-0.2, -0.15) is 5.10 Å². The van der Waals surface area contributed by atoms with Crippen molar-refractivity contribution in [3.8, 4) is 0 Å². The lowest BCUT2D eigenvalue weighted by Crippen LogP contribution is -2.09. The summed E-state index contributed by atoms with van der Waals surface area (Å²) in [5.41, 5.74) is 1.21. The van der Waals surface area contributed by atoms with Gasteiger partial charge in [-0.3, -0.25) is 4.68 Å². The summed E-state index contributed by atoms with van der Waals surface area (Å²) in [5.74, 6) is 0. The molecule has 0 N–H and O–H groups in total. The second kappa shape index (κ2) is 6.55. The van der Waals surface area contributed by atoms with Crippen LogP contribution in [0.25, 0.3) is 0 Å². The van der Waals surface area contributed by atoms with E-state index in [0.29, 0.717) is 10.9 Å². The Kier molecular flexibility index (Phi) is 5.04. The van der Waals surface area contributed by atoms with Crippen LogP contribution in [-0.4, -0.2) is 28.3 Å². The van der Waals surface area contributed by atoms with Gasteiger partial charge in [0.15, 0.2) is 0 Å². The maximum Gasteiger partial charge on any atom is 0.0625 e. The average Bonchev–Trinajstić information content (AvgIpc) is 2.97. The minimum Gasteiger partial charge on any atom is -0.384 e. The van der Waals surface area contributed by atoms with E-state index in [2.05, 4.69) is 38.0 Å². The van der Waals surface area contributed by atoms with Gasteiger partial charge >= 0.3 is 0 Å². The van der Waals surface area contributed by atoms with Crippen molar-refractivity contribution in [2.24, 2.45) is 0 Å². The smallest absolute Gasteiger partial charge is 0.0625 e. The molecule has 0 amide bonds.